The summed E-state index contributed by atoms with van der Waals surface area (Å²) in [5.41, 5.74) is -0.459. The molecular weight excluding hydrogens is 328 g/mol. The van der Waals surface area contributed by atoms with Crippen LogP contribution >= 0.6 is 0 Å². The third-order valence-electron chi connectivity index (χ3n) is 4.77. The molecule has 0 aliphatic rings. The van der Waals surface area contributed by atoms with E-state index in [0.29, 0.717) is 25.9 Å². The third kappa shape index (κ3) is 10.6. The van der Waals surface area contributed by atoms with Crippen molar-refractivity contribution in [2.24, 2.45) is 5.41 Å². The van der Waals surface area contributed by atoms with E-state index >= 15 is 0 Å². The molecule has 4 nitrogen and oxygen atoms in total. The Balaban J connectivity index is 4.32. The molecule has 0 aliphatic heterocycles. The summed E-state index contributed by atoms with van der Waals surface area (Å²) in [5, 5.41) is 0. The Labute approximate surface area is 160 Å². The Kier molecular flexibility index (Phi) is 15.1. The van der Waals surface area contributed by atoms with Gasteiger partial charge in [0.25, 0.3) is 0 Å². The molecule has 0 aliphatic carbocycles. The number of esters is 2. The zero-order valence-electron chi connectivity index (χ0n) is 17.3. The summed E-state index contributed by atoms with van der Waals surface area (Å²) in [4.78, 5) is 24.4. The molecule has 0 spiro atoms. The van der Waals surface area contributed by atoms with Gasteiger partial charge in [0.1, 0.15) is 6.61 Å². The molecule has 0 N–H and O–H groups in total. The highest BCUT2D eigenvalue weighted by Crippen LogP contribution is 2.36. The Morgan fingerprint density at radius 3 is 2.08 bits per heavy atom. The molecule has 0 rings (SSSR count). The number of carbonyl (C=O) groups is 2. The smallest absolute Gasteiger partial charge is 0.312 e. The van der Waals surface area contributed by atoms with E-state index in [-0.39, 0.29) is 18.5 Å². The normalized spacial score (nSPS) is 11.2. The van der Waals surface area contributed by atoms with E-state index in [9.17, 15) is 9.59 Å². The van der Waals surface area contributed by atoms with Crippen molar-refractivity contribution in [3.63, 3.8) is 0 Å². The molecular formula is C22H40O4. The predicted molar refractivity (Wildman–Crippen MR) is 107 cm³/mol. The average Bonchev–Trinajstić information content (AvgIpc) is 2.63. The van der Waals surface area contributed by atoms with Crippen molar-refractivity contribution >= 4 is 11.9 Å². The lowest BCUT2D eigenvalue weighted by Crippen LogP contribution is -2.33. The van der Waals surface area contributed by atoms with Crippen molar-refractivity contribution < 1.29 is 19.1 Å². The minimum absolute atomic E-state index is 0.118. The molecule has 0 bridgehead atoms. The van der Waals surface area contributed by atoms with Gasteiger partial charge in [-0.05, 0) is 32.1 Å². The van der Waals surface area contributed by atoms with Crippen LogP contribution < -0.4 is 0 Å². The van der Waals surface area contributed by atoms with Crippen LogP contribution in [0.25, 0.3) is 0 Å². The monoisotopic (exact) mass is 368 g/mol. The quantitative estimate of drug-likeness (QED) is 0.180. The van der Waals surface area contributed by atoms with Gasteiger partial charge in [-0.2, -0.15) is 0 Å². The van der Waals surface area contributed by atoms with Crippen molar-refractivity contribution in [1.29, 1.82) is 0 Å². The summed E-state index contributed by atoms with van der Waals surface area (Å²) < 4.78 is 10.7. The van der Waals surface area contributed by atoms with Gasteiger partial charge in [0.15, 0.2) is 0 Å². The molecule has 4 heteroatoms. The number of ether oxygens (including phenoxy) is 2. The molecule has 0 heterocycles. The topological polar surface area (TPSA) is 52.6 Å². The third-order valence-corrected chi connectivity index (χ3v) is 4.77. The van der Waals surface area contributed by atoms with Gasteiger partial charge in [-0.3, -0.25) is 9.59 Å². The zero-order valence-corrected chi connectivity index (χ0v) is 17.3. The first-order valence-electron chi connectivity index (χ1n) is 10.5. The highest BCUT2D eigenvalue weighted by Gasteiger charge is 2.37. The molecule has 0 atom stereocenters. The van der Waals surface area contributed by atoms with Gasteiger partial charge in [0.2, 0.25) is 0 Å². The second-order valence-corrected chi connectivity index (χ2v) is 7.16. The number of hydrogen-bond donors (Lipinski definition) is 0. The van der Waals surface area contributed by atoms with Crippen molar-refractivity contribution in [1.82, 2.24) is 0 Å². The standard InChI is InChI=1S/C22H40O4/c1-5-9-10-11-12-14-20(23)25-19-13-17-22(15-6-2,16-7-3)21(24)26-18-8-4/h8H,4-7,9-19H2,1-3H3. The molecule has 0 fully saturated rings. The van der Waals surface area contributed by atoms with Gasteiger partial charge in [-0.15, -0.1) is 0 Å². The van der Waals surface area contributed by atoms with Crippen molar-refractivity contribution in [2.75, 3.05) is 13.2 Å². The number of unbranched alkanes of at least 4 members (excludes halogenated alkanes) is 4. The highest BCUT2D eigenvalue weighted by atomic mass is 16.5. The SMILES string of the molecule is C=CCOC(=O)C(CCC)(CCC)CCCOC(=O)CCCCCCC. The van der Waals surface area contributed by atoms with E-state index < -0.39 is 5.41 Å². The van der Waals surface area contributed by atoms with E-state index in [1.165, 1.54) is 19.3 Å². The van der Waals surface area contributed by atoms with E-state index in [1.807, 2.05) is 0 Å². The summed E-state index contributed by atoms with van der Waals surface area (Å²) in [5.74, 6) is -0.254. The van der Waals surface area contributed by atoms with Crippen LogP contribution in [0.4, 0.5) is 0 Å². The lowest BCUT2D eigenvalue weighted by Gasteiger charge is -2.31. The van der Waals surface area contributed by atoms with Gasteiger partial charge >= 0.3 is 11.9 Å². The van der Waals surface area contributed by atoms with Crippen molar-refractivity contribution in [2.45, 2.75) is 97.8 Å². The lowest BCUT2D eigenvalue weighted by molar-refractivity contribution is -0.156. The van der Waals surface area contributed by atoms with E-state index in [1.54, 1.807) is 6.08 Å². The van der Waals surface area contributed by atoms with Crippen molar-refractivity contribution in [3.05, 3.63) is 12.7 Å². The van der Waals surface area contributed by atoms with Crippen LogP contribution in [0.15, 0.2) is 12.7 Å². The molecule has 0 aromatic rings. The van der Waals surface area contributed by atoms with Gasteiger partial charge in [-0.25, -0.2) is 0 Å². The van der Waals surface area contributed by atoms with Crippen LogP contribution in [0.5, 0.6) is 0 Å². The minimum atomic E-state index is -0.459. The van der Waals surface area contributed by atoms with E-state index in [4.69, 9.17) is 9.47 Å². The minimum Gasteiger partial charge on any atom is -0.466 e. The maximum Gasteiger partial charge on any atom is 0.312 e. The Morgan fingerprint density at radius 2 is 1.50 bits per heavy atom. The molecule has 0 aromatic carbocycles. The summed E-state index contributed by atoms with van der Waals surface area (Å²) in [6.07, 6.45) is 12.6. The van der Waals surface area contributed by atoms with E-state index in [2.05, 4.69) is 27.4 Å². The fourth-order valence-electron chi connectivity index (χ4n) is 3.47. The highest BCUT2D eigenvalue weighted by molar-refractivity contribution is 5.77. The molecule has 0 amide bonds. The van der Waals surface area contributed by atoms with Crippen LogP contribution in [-0.2, 0) is 19.1 Å². The summed E-state index contributed by atoms with van der Waals surface area (Å²) in [6, 6.07) is 0. The van der Waals surface area contributed by atoms with Crippen LogP contribution in [0.2, 0.25) is 0 Å². The summed E-state index contributed by atoms with van der Waals surface area (Å²) in [7, 11) is 0. The van der Waals surface area contributed by atoms with Crippen LogP contribution in [0.3, 0.4) is 0 Å². The summed E-state index contributed by atoms with van der Waals surface area (Å²) >= 11 is 0. The molecule has 0 saturated heterocycles. The molecule has 0 saturated carbocycles. The molecule has 0 unspecified atom stereocenters. The maximum absolute atomic E-state index is 12.6. The van der Waals surface area contributed by atoms with E-state index in [0.717, 1.165) is 38.5 Å². The molecule has 152 valence electrons. The fraction of sp³-hybridized carbons (Fsp3) is 0.818. The number of rotatable bonds is 17. The molecule has 26 heavy (non-hydrogen) atoms. The first kappa shape index (κ1) is 24.7. The van der Waals surface area contributed by atoms with Gasteiger partial charge in [-0.1, -0.05) is 72.0 Å². The first-order chi connectivity index (χ1) is 12.6. The Morgan fingerprint density at radius 1 is 0.846 bits per heavy atom. The van der Waals surface area contributed by atoms with Crippen molar-refractivity contribution in [3.8, 4) is 0 Å². The Bertz CT molecular complexity index is 384. The van der Waals surface area contributed by atoms with Gasteiger partial charge in [0, 0.05) is 6.42 Å². The van der Waals surface area contributed by atoms with Crippen LogP contribution in [0, 0.1) is 5.41 Å². The number of carbonyl (C=O) groups excluding carboxylic acids is 2. The van der Waals surface area contributed by atoms with Crippen LogP contribution in [-0.4, -0.2) is 25.2 Å². The Hall–Kier alpha value is -1.32. The second kappa shape index (κ2) is 15.9. The predicted octanol–water partition coefficient (Wildman–Crippen LogP) is 5.99. The fourth-order valence-corrected chi connectivity index (χ4v) is 3.47. The summed E-state index contributed by atoms with van der Waals surface area (Å²) in [6.45, 7) is 10.6. The second-order valence-electron chi connectivity index (χ2n) is 7.16. The largest absolute Gasteiger partial charge is 0.466 e. The first-order valence-corrected chi connectivity index (χ1v) is 10.5. The molecule has 0 radical (unpaired) electrons. The van der Waals surface area contributed by atoms with Crippen LogP contribution in [0.1, 0.15) is 97.8 Å². The van der Waals surface area contributed by atoms with Gasteiger partial charge < -0.3 is 9.47 Å². The zero-order chi connectivity index (χ0) is 19.7. The average molecular weight is 369 g/mol. The number of hydrogen-bond acceptors (Lipinski definition) is 4. The van der Waals surface area contributed by atoms with Gasteiger partial charge in [0.05, 0.1) is 12.0 Å². The lowest BCUT2D eigenvalue weighted by atomic mass is 9.75. The molecule has 0 aromatic heterocycles. The maximum atomic E-state index is 12.6.